The lowest BCUT2D eigenvalue weighted by Crippen LogP contribution is -2.65. The van der Waals surface area contributed by atoms with Gasteiger partial charge in [-0.15, -0.1) is 0 Å². The summed E-state index contributed by atoms with van der Waals surface area (Å²) in [5.41, 5.74) is 0.860. The van der Waals surface area contributed by atoms with Crippen LogP contribution >= 0.6 is 0 Å². The monoisotopic (exact) mass is 318 g/mol. The average Bonchev–Trinajstić information content (AvgIpc) is 2.95. The molecular weight excluding hydrogens is 300 g/mol. The van der Waals surface area contributed by atoms with Gasteiger partial charge in [0.25, 0.3) is 0 Å². The van der Waals surface area contributed by atoms with E-state index in [1.165, 1.54) is 12.0 Å². The molecule has 3 atom stereocenters. The SMILES string of the molecule is COC(=O)C1NC(=O)C2CCC1N2C(=O)OCc1ccccc1. The van der Waals surface area contributed by atoms with Crippen LogP contribution in [-0.2, 0) is 25.7 Å². The van der Waals surface area contributed by atoms with E-state index in [0.29, 0.717) is 12.8 Å². The van der Waals surface area contributed by atoms with Gasteiger partial charge in [0, 0.05) is 0 Å². The van der Waals surface area contributed by atoms with Gasteiger partial charge in [0.15, 0.2) is 0 Å². The Morgan fingerprint density at radius 1 is 1.26 bits per heavy atom. The molecule has 2 fully saturated rings. The first kappa shape index (κ1) is 15.3. The van der Waals surface area contributed by atoms with Crippen LogP contribution in [0.15, 0.2) is 30.3 Å². The van der Waals surface area contributed by atoms with Crippen LogP contribution in [-0.4, -0.2) is 48.1 Å². The van der Waals surface area contributed by atoms with Gasteiger partial charge in [-0.1, -0.05) is 30.3 Å². The smallest absolute Gasteiger partial charge is 0.411 e. The van der Waals surface area contributed by atoms with Crippen molar-refractivity contribution in [3.63, 3.8) is 0 Å². The molecule has 3 unspecified atom stereocenters. The molecule has 2 bridgehead atoms. The quantitative estimate of drug-likeness (QED) is 0.834. The molecule has 2 heterocycles. The number of hydrogen-bond donors (Lipinski definition) is 1. The van der Waals surface area contributed by atoms with Gasteiger partial charge >= 0.3 is 12.1 Å². The van der Waals surface area contributed by atoms with E-state index in [4.69, 9.17) is 9.47 Å². The summed E-state index contributed by atoms with van der Waals surface area (Å²) in [7, 11) is 1.26. The van der Waals surface area contributed by atoms with Gasteiger partial charge in [-0.3, -0.25) is 9.69 Å². The van der Waals surface area contributed by atoms with Crippen molar-refractivity contribution in [3.8, 4) is 0 Å². The molecule has 7 nitrogen and oxygen atoms in total. The highest BCUT2D eigenvalue weighted by atomic mass is 16.6. The first-order valence-corrected chi connectivity index (χ1v) is 7.49. The third kappa shape index (κ3) is 2.86. The Hall–Kier alpha value is -2.57. The summed E-state index contributed by atoms with van der Waals surface area (Å²) in [4.78, 5) is 37.7. The molecule has 1 N–H and O–H groups in total. The van der Waals surface area contributed by atoms with Gasteiger partial charge in [-0.05, 0) is 18.4 Å². The number of nitrogens with one attached hydrogen (secondary N) is 1. The van der Waals surface area contributed by atoms with Gasteiger partial charge in [0.2, 0.25) is 5.91 Å². The van der Waals surface area contributed by atoms with Crippen LogP contribution in [0.5, 0.6) is 0 Å². The van der Waals surface area contributed by atoms with Gasteiger partial charge in [0.05, 0.1) is 13.2 Å². The third-order valence-electron chi connectivity index (χ3n) is 4.29. The fourth-order valence-corrected chi connectivity index (χ4v) is 3.17. The van der Waals surface area contributed by atoms with E-state index in [2.05, 4.69) is 5.32 Å². The minimum Gasteiger partial charge on any atom is -0.467 e. The number of esters is 1. The van der Waals surface area contributed by atoms with E-state index in [0.717, 1.165) is 5.56 Å². The fourth-order valence-electron chi connectivity index (χ4n) is 3.17. The minimum atomic E-state index is -0.837. The zero-order valence-corrected chi connectivity index (χ0v) is 12.7. The maximum absolute atomic E-state index is 12.4. The summed E-state index contributed by atoms with van der Waals surface area (Å²) >= 11 is 0. The number of nitrogens with zero attached hydrogens (tertiary/aromatic N) is 1. The summed E-state index contributed by atoms with van der Waals surface area (Å²) < 4.78 is 10.0. The number of hydrogen-bond acceptors (Lipinski definition) is 5. The standard InChI is InChI=1S/C16H18N2O5/c1-22-15(20)13-11-7-8-12(14(19)17-13)18(11)16(21)23-9-10-5-3-2-4-6-10/h2-6,11-13H,7-9H2,1H3,(H,17,19). The predicted molar refractivity (Wildman–Crippen MR) is 79.2 cm³/mol. The van der Waals surface area contributed by atoms with Crippen molar-refractivity contribution < 1.29 is 23.9 Å². The van der Waals surface area contributed by atoms with Crippen molar-refractivity contribution in [1.82, 2.24) is 10.2 Å². The summed E-state index contributed by atoms with van der Waals surface area (Å²) in [6, 6.07) is 7.45. The molecule has 0 spiro atoms. The molecule has 0 aromatic heterocycles. The number of amides is 2. The van der Waals surface area contributed by atoms with E-state index in [9.17, 15) is 14.4 Å². The van der Waals surface area contributed by atoms with E-state index in [1.807, 2.05) is 30.3 Å². The van der Waals surface area contributed by atoms with Gasteiger partial charge in [-0.25, -0.2) is 9.59 Å². The van der Waals surface area contributed by atoms with Crippen LogP contribution in [0.4, 0.5) is 4.79 Å². The molecule has 2 amide bonds. The third-order valence-corrected chi connectivity index (χ3v) is 4.29. The topological polar surface area (TPSA) is 84.9 Å². The number of carbonyl (C=O) groups excluding carboxylic acids is 3. The Balaban J connectivity index is 1.71. The van der Waals surface area contributed by atoms with Crippen molar-refractivity contribution in [2.75, 3.05) is 7.11 Å². The first-order chi connectivity index (χ1) is 11.1. The van der Waals surface area contributed by atoms with E-state index in [-0.39, 0.29) is 12.5 Å². The number of benzene rings is 1. The maximum Gasteiger partial charge on any atom is 0.411 e. The minimum absolute atomic E-state index is 0.125. The second-order valence-electron chi connectivity index (χ2n) is 5.62. The van der Waals surface area contributed by atoms with Crippen molar-refractivity contribution >= 4 is 18.0 Å². The molecule has 1 aromatic carbocycles. The largest absolute Gasteiger partial charge is 0.467 e. The van der Waals surface area contributed by atoms with Crippen molar-refractivity contribution in [1.29, 1.82) is 0 Å². The van der Waals surface area contributed by atoms with E-state index < -0.39 is 30.2 Å². The Morgan fingerprint density at radius 2 is 2.00 bits per heavy atom. The molecule has 1 aromatic rings. The van der Waals surface area contributed by atoms with Crippen molar-refractivity contribution in [2.45, 2.75) is 37.6 Å². The maximum atomic E-state index is 12.4. The zero-order valence-electron chi connectivity index (χ0n) is 12.7. The number of ether oxygens (including phenoxy) is 2. The molecule has 2 aliphatic rings. The van der Waals surface area contributed by atoms with Crippen LogP contribution in [0.2, 0.25) is 0 Å². The summed E-state index contributed by atoms with van der Waals surface area (Å²) in [6.45, 7) is 0.125. The van der Waals surface area contributed by atoms with Gasteiger partial charge in [0.1, 0.15) is 18.7 Å². The lowest BCUT2D eigenvalue weighted by atomic mass is 10.1. The Labute approximate surface area is 133 Å². The zero-order chi connectivity index (χ0) is 16.4. The van der Waals surface area contributed by atoms with Crippen LogP contribution in [0.25, 0.3) is 0 Å². The second kappa shape index (κ2) is 6.28. The lowest BCUT2D eigenvalue weighted by molar-refractivity contribution is -0.149. The van der Waals surface area contributed by atoms with Crippen molar-refractivity contribution in [2.24, 2.45) is 0 Å². The van der Waals surface area contributed by atoms with E-state index in [1.54, 1.807) is 0 Å². The first-order valence-electron chi connectivity index (χ1n) is 7.49. The molecule has 3 rings (SSSR count). The number of fused-ring (bicyclic) bond motifs is 2. The highest BCUT2D eigenvalue weighted by molar-refractivity contribution is 5.93. The molecule has 0 radical (unpaired) electrons. The fraction of sp³-hybridized carbons (Fsp3) is 0.438. The molecule has 7 heteroatoms. The molecule has 0 aliphatic carbocycles. The van der Waals surface area contributed by atoms with Gasteiger partial charge in [-0.2, -0.15) is 0 Å². The van der Waals surface area contributed by atoms with Crippen LogP contribution in [0.3, 0.4) is 0 Å². The number of methoxy groups -OCH3 is 1. The molecule has 23 heavy (non-hydrogen) atoms. The van der Waals surface area contributed by atoms with E-state index >= 15 is 0 Å². The van der Waals surface area contributed by atoms with Crippen LogP contribution < -0.4 is 5.32 Å². The lowest BCUT2D eigenvalue weighted by Gasteiger charge is -2.37. The average molecular weight is 318 g/mol. The molecule has 122 valence electrons. The Morgan fingerprint density at radius 3 is 2.70 bits per heavy atom. The normalized spacial score (nSPS) is 25.7. The summed E-state index contributed by atoms with van der Waals surface area (Å²) in [5, 5.41) is 2.62. The Kier molecular flexibility index (Phi) is 4.18. The second-order valence-corrected chi connectivity index (χ2v) is 5.62. The molecule has 2 aliphatic heterocycles. The molecule has 0 saturated carbocycles. The van der Waals surface area contributed by atoms with Crippen LogP contribution in [0, 0.1) is 0 Å². The van der Waals surface area contributed by atoms with Crippen LogP contribution in [0.1, 0.15) is 18.4 Å². The van der Waals surface area contributed by atoms with Crippen molar-refractivity contribution in [3.05, 3.63) is 35.9 Å². The predicted octanol–water partition coefficient (Wildman–Crippen LogP) is 0.828. The molecule has 2 saturated heterocycles. The summed E-state index contributed by atoms with van der Waals surface area (Å²) in [5.74, 6) is -0.893. The highest BCUT2D eigenvalue weighted by Crippen LogP contribution is 2.31. The van der Waals surface area contributed by atoms with Gasteiger partial charge < -0.3 is 14.8 Å². The number of carbonyl (C=O) groups is 3. The summed E-state index contributed by atoms with van der Waals surface area (Å²) in [6.07, 6.45) is 0.499. The Bertz CT molecular complexity index is 618. The molecular formula is C16H18N2O5. The number of piperazine rings is 1. The number of rotatable bonds is 3. The highest BCUT2D eigenvalue weighted by Gasteiger charge is 2.52.